The van der Waals surface area contributed by atoms with Crippen molar-refractivity contribution in [1.29, 1.82) is 0 Å². The first kappa shape index (κ1) is 18.4. The minimum atomic E-state index is -0.982. The zero-order chi connectivity index (χ0) is 18.2. The number of carbonyl (C=O) groups is 2. The second-order valence-electron chi connectivity index (χ2n) is 5.71. The SMILES string of the molecule is CCCN(Cc1ccc(F)cc1)C(=O)NCc1ccc(C(=O)O)cc1. The Kier molecular flexibility index (Phi) is 6.51. The van der Waals surface area contributed by atoms with Crippen molar-refractivity contribution in [3.05, 3.63) is 71.0 Å². The molecule has 2 aromatic rings. The van der Waals surface area contributed by atoms with Crippen molar-refractivity contribution in [1.82, 2.24) is 10.2 Å². The summed E-state index contributed by atoms with van der Waals surface area (Å²) in [6.07, 6.45) is 0.807. The van der Waals surface area contributed by atoms with Crippen LogP contribution in [-0.2, 0) is 13.1 Å². The van der Waals surface area contributed by atoms with Gasteiger partial charge in [-0.15, -0.1) is 0 Å². The van der Waals surface area contributed by atoms with Crippen molar-refractivity contribution in [2.45, 2.75) is 26.4 Å². The number of carboxylic acids is 1. The van der Waals surface area contributed by atoms with E-state index in [0.29, 0.717) is 19.6 Å². The van der Waals surface area contributed by atoms with Gasteiger partial charge >= 0.3 is 12.0 Å². The van der Waals surface area contributed by atoms with Crippen LogP contribution >= 0.6 is 0 Å². The van der Waals surface area contributed by atoms with Gasteiger partial charge in [0.2, 0.25) is 0 Å². The third kappa shape index (κ3) is 5.60. The van der Waals surface area contributed by atoms with Gasteiger partial charge in [-0.05, 0) is 41.8 Å². The van der Waals surface area contributed by atoms with E-state index in [0.717, 1.165) is 17.5 Å². The Bertz CT molecular complexity index is 714. The van der Waals surface area contributed by atoms with Crippen LogP contribution in [0.3, 0.4) is 0 Å². The number of amides is 2. The molecule has 2 aromatic carbocycles. The molecule has 0 atom stereocenters. The zero-order valence-electron chi connectivity index (χ0n) is 14.0. The van der Waals surface area contributed by atoms with Gasteiger partial charge in [0.1, 0.15) is 5.82 Å². The predicted octanol–water partition coefficient (Wildman–Crippen LogP) is 3.65. The van der Waals surface area contributed by atoms with Crippen molar-refractivity contribution >= 4 is 12.0 Å². The Morgan fingerprint density at radius 1 is 1.04 bits per heavy atom. The normalized spacial score (nSPS) is 10.3. The van der Waals surface area contributed by atoms with E-state index in [4.69, 9.17) is 5.11 Å². The fourth-order valence-electron chi connectivity index (χ4n) is 2.39. The van der Waals surface area contributed by atoms with Gasteiger partial charge in [-0.25, -0.2) is 14.0 Å². The predicted molar refractivity (Wildman–Crippen MR) is 92.7 cm³/mol. The molecule has 2 rings (SSSR count). The summed E-state index contributed by atoms with van der Waals surface area (Å²) < 4.78 is 13.0. The second kappa shape index (κ2) is 8.82. The van der Waals surface area contributed by atoms with Crippen molar-refractivity contribution < 1.29 is 19.1 Å². The third-order valence-corrected chi connectivity index (χ3v) is 3.71. The first-order chi connectivity index (χ1) is 12.0. The summed E-state index contributed by atoms with van der Waals surface area (Å²) in [6.45, 7) is 3.27. The van der Waals surface area contributed by atoms with Crippen LogP contribution < -0.4 is 5.32 Å². The number of hydrogen-bond acceptors (Lipinski definition) is 2. The summed E-state index contributed by atoms with van der Waals surface area (Å²) in [5, 5.41) is 11.7. The number of benzene rings is 2. The number of urea groups is 1. The molecular formula is C19H21FN2O3. The molecule has 0 radical (unpaired) electrons. The van der Waals surface area contributed by atoms with E-state index in [-0.39, 0.29) is 17.4 Å². The largest absolute Gasteiger partial charge is 0.478 e. The summed E-state index contributed by atoms with van der Waals surface area (Å²) in [6, 6.07) is 12.2. The molecule has 0 bridgehead atoms. The summed E-state index contributed by atoms with van der Waals surface area (Å²) in [4.78, 5) is 24.9. The van der Waals surface area contributed by atoms with Crippen LogP contribution in [0, 0.1) is 5.82 Å². The van der Waals surface area contributed by atoms with E-state index < -0.39 is 5.97 Å². The fraction of sp³-hybridized carbons (Fsp3) is 0.263. The highest BCUT2D eigenvalue weighted by Gasteiger charge is 2.13. The van der Waals surface area contributed by atoms with Gasteiger partial charge in [-0.3, -0.25) is 0 Å². The average molecular weight is 344 g/mol. The molecule has 2 amide bonds. The fourth-order valence-corrected chi connectivity index (χ4v) is 2.39. The van der Waals surface area contributed by atoms with Crippen LogP contribution in [0.4, 0.5) is 9.18 Å². The number of halogens is 1. The topological polar surface area (TPSA) is 69.6 Å². The maximum absolute atomic E-state index is 13.0. The molecule has 0 spiro atoms. The molecule has 0 saturated carbocycles. The highest BCUT2D eigenvalue weighted by atomic mass is 19.1. The molecule has 25 heavy (non-hydrogen) atoms. The monoisotopic (exact) mass is 344 g/mol. The van der Waals surface area contributed by atoms with E-state index in [1.165, 1.54) is 24.3 Å². The van der Waals surface area contributed by atoms with Gasteiger partial charge < -0.3 is 15.3 Å². The van der Waals surface area contributed by atoms with Crippen molar-refractivity contribution in [2.24, 2.45) is 0 Å². The number of carboxylic acid groups (broad SMARTS) is 1. The van der Waals surface area contributed by atoms with Gasteiger partial charge in [-0.2, -0.15) is 0 Å². The molecule has 0 aliphatic heterocycles. The minimum absolute atomic E-state index is 0.207. The minimum Gasteiger partial charge on any atom is -0.478 e. The van der Waals surface area contributed by atoms with Gasteiger partial charge in [-0.1, -0.05) is 31.2 Å². The summed E-state index contributed by atoms with van der Waals surface area (Å²) in [7, 11) is 0. The van der Waals surface area contributed by atoms with E-state index >= 15 is 0 Å². The zero-order valence-corrected chi connectivity index (χ0v) is 14.0. The second-order valence-corrected chi connectivity index (χ2v) is 5.71. The molecule has 0 aliphatic rings. The lowest BCUT2D eigenvalue weighted by atomic mass is 10.1. The van der Waals surface area contributed by atoms with Gasteiger partial charge in [0, 0.05) is 19.6 Å². The summed E-state index contributed by atoms with van der Waals surface area (Å²) in [5.41, 5.74) is 1.88. The lowest BCUT2D eigenvalue weighted by molar-refractivity contribution is 0.0697. The number of aromatic carboxylic acids is 1. The molecule has 0 saturated heterocycles. The standard InChI is InChI=1S/C19H21FN2O3/c1-2-11-22(13-15-5-9-17(20)10-6-15)19(25)21-12-14-3-7-16(8-4-14)18(23)24/h3-10H,2,11-13H2,1H3,(H,21,25)(H,23,24). The molecule has 132 valence electrons. The maximum Gasteiger partial charge on any atom is 0.335 e. The Balaban J connectivity index is 1.95. The first-order valence-corrected chi connectivity index (χ1v) is 8.09. The van der Waals surface area contributed by atoms with Crippen LogP contribution in [0.2, 0.25) is 0 Å². The number of nitrogens with one attached hydrogen (secondary N) is 1. The Morgan fingerprint density at radius 2 is 1.64 bits per heavy atom. The number of rotatable bonds is 7. The van der Waals surface area contributed by atoms with Crippen LogP contribution in [0.15, 0.2) is 48.5 Å². The number of nitrogens with zero attached hydrogens (tertiary/aromatic N) is 1. The number of carbonyl (C=O) groups excluding carboxylic acids is 1. The van der Waals surface area contributed by atoms with Gasteiger partial charge in [0.05, 0.1) is 5.56 Å². The lowest BCUT2D eigenvalue weighted by Gasteiger charge is -2.23. The number of hydrogen-bond donors (Lipinski definition) is 2. The third-order valence-electron chi connectivity index (χ3n) is 3.71. The van der Waals surface area contributed by atoms with E-state index in [9.17, 15) is 14.0 Å². The Labute approximate surface area is 146 Å². The molecular weight excluding hydrogens is 323 g/mol. The Hall–Kier alpha value is -2.89. The van der Waals surface area contributed by atoms with E-state index in [1.54, 1.807) is 29.2 Å². The smallest absolute Gasteiger partial charge is 0.335 e. The van der Waals surface area contributed by atoms with E-state index in [2.05, 4.69) is 5.32 Å². The molecule has 0 unspecified atom stereocenters. The molecule has 2 N–H and O–H groups in total. The Morgan fingerprint density at radius 3 is 2.20 bits per heavy atom. The van der Waals surface area contributed by atoms with Crippen molar-refractivity contribution in [2.75, 3.05) is 6.54 Å². The maximum atomic E-state index is 13.0. The van der Waals surface area contributed by atoms with Crippen LogP contribution in [0.5, 0.6) is 0 Å². The van der Waals surface area contributed by atoms with Crippen LogP contribution in [0.25, 0.3) is 0 Å². The highest BCUT2D eigenvalue weighted by molar-refractivity contribution is 5.87. The lowest BCUT2D eigenvalue weighted by Crippen LogP contribution is -2.39. The van der Waals surface area contributed by atoms with Crippen molar-refractivity contribution in [3.8, 4) is 0 Å². The van der Waals surface area contributed by atoms with Gasteiger partial charge in [0.15, 0.2) is 0 Å². The summed E-state index contributed by atoms with van der Waals surface area (Å²) >= 11 is 0. The molecule has 0 aliphatic carbocycles. The molecule has 5 nitrogen and oxygen atoms in total. The van der Waals surface area contributed by atoms with Crippen molar-refractivity contribution in [3.63, 3.8) is 0 Å². The van der Waals surface area contributed by atoms with Crippen LogP contribution in [0.1, 0.15) is 34.8 Å². The molecule has 0 fully saturated rings. The quantitative estimate of drug-likeness (QED) is 0.805. The van der Waals surface area contributed by atoms with Gasteiger partial charge in [0.25, 0.3) is 0 Å². The molecule has 0 heterocycles. The highest BCUT2D eigenvalue weighted by Crippen LogP contribution is 2.09. The molecule has 0 aromatic heterocycles. The molecule has 6 heteroatoms. The average Bonchev–Trinajstić information content (AvgIpc) is 2.61. The van der Waals surface area contributed by atoms with Crippen LogP contribution in [-0.4, -0.2) is 28.6 Å². The summed E-state index contributed by atoms with van der Waals surface area (Å²) in [5.74, 6) is -1.29. The first-order valence-electron chi connectivity index (χ1n) is 8.09. The van der Waals surface area contributed by atoms with E-state index in [1.807, 2.05) is 6.92 Å².